The van der Waals surface area contributed by atoms with E-state index in [1.165, 1.54) is 6.07 Å². The van der Waals surface area contributed by atoms with Crippen molar-refractivity contribution in [2.24, 2.45) is 0 Å². The number of carbonyl (C=O) groups excluding carboxylic acids is 1. The van der Waals surface area contributed by atoms with Gasteiger partial charge in [0.1, 0.15) is 5.82 Å². The predicted octanol–water partition coefficient (Wildman–Crippen LogP) is 1.65. The van der Waals surface area contributed by atoms with Gasteiger partial charge in [-0.15, -0.1) is 0 Å². The lowest BCUT2D eigenvalue weighted by molar-refractivity contribution is 0.000734. The molecular weight excluding hydrogens is 211 g/mol. The normalized spacial score (nSPS) is 15.4. The summed E-state index contributed by atoms with van der Waals surface area (Å²) >= 11 is 0. The smallest absolute Gasteiger partial charge is 0.319 e. The van der Waals surface area contributed by atoms with Crippen LogP contribution in [0.25, 0.3) is 0 Å². The molecule has 1 aliphatic heterocycles. The molecule has 16 heavy (non-hydrogen) atoms. The maximum absolute atomic E-state index is 13.2. The van der Waals surface area contributed by atoms with Crippen LogP contribution < -0.4 is 10.6 Å². The van der Waals surface area contributed by atoms with Gasteiger partial charge in [0, 0.05) is 5.69 Å². The number of carbonyl (C=O) groups is 1. The first-order valence-electron chi connectivity index (χ1n) is 5.06. The summed E-state index contributed by atoms with van der Waals surface area (Å²) in [7, 11) is 0. The Balaban J connectivity index is 1.92. The third-order valence-corrected chi connectivity index (χ3v) is 2.40. The standard InChI is InChI=1S/C11H13FN2O2/c1-7-2-3-8(4-10(7)12)13-11(15)14-9-5-16-6-9/h2-4,9H,5-6H2,1H3,(H2,13,14,15). The molecule has 2 rings (SSSR count). The van der Waals surface area contributed by atoms with E-state index < -0.39 is 0 Å². The van der Waals surface area contributed by atoms with Crippen molar-refractivity contribution in [1.29, 1.82) is 0 Å². The number of aryl methyl sites for hydroxylation is 1. The van der Waals surface area contributed by atoms with E-state index in [9.17, 15) is 9.18 Å². The lowest BCUT2D eigenvalue weighted by Gasteiger charge is -2.26. The fourth-order valence-electron chi connectivity index (χ4n) is 1.34. The van der Waals surface area contributed by atoms with Crippen LogP contribution >= 0.6 is 0 Å². The first kappa shape index (κ1) is 10.9. The van der Waals surface area contributed by atoms with Crippen LogP contribution in [0.2, 0.25) is 0 Å². The minimum Gasteiger partial charge on any atom is -0.377 e. The van der Waals surface area contributed by atoms with Gasteiger partial charge in [0.15, 0.2) is 0 Å². The van der Waals surface area contributed by atoms with Gasteiger partial charge in [0.25, 0.3) is 0 Å². The second-order valence-electron chi connectivity index (χ2n) is 3.80. The minimum atomic E-state index is -0.337. The number of urea groups is 1. The molecular formula is C11H13FN2O2. The van der Waals surface area contributed by atoms with Gasteiger partial charge in [0.05, 0.1) is 19.3 Å². The molecule has 0 radical (unpaired) electrons. The lowest BCUT2D eigenvalue weighted by Crippen LogP contribution is -2.49. The molecule has 0 unspecified atom stereocenters. The van der Waals surface area contributed by atoms with Gasteiger partial charge in [-0.05, 0) is 24.6 Å². The van der Waals surface area contributed by atoms with Gasteiger partial charge in [-0.25, -0.2) is 9.18 Å². The van der Waals surface area contributed by atoms with E-state index in [4.69, 9.17) is 4.74 Å². The van der Waals surface area contributed by atoms with Gasteiger partial charge in [0.2, 0.25) is 0 Å². The van der Waals surface area contributed by atoms with Crippen LogP contribution in [0.4, 0.5) is 14.9 Å². The maximum Gasteiger partial charge on any atom is 0.319 e. The molecule has 0 aromatic heterocycles. The first-order chi connectivity index (χ1) is 7.65. The zero-order chi connectivity index (χ0) is 11.5. The Bertz CT molecular complexity index is 405. The summed E-state index contributed by atoms with van der Waals surface area (Å²) in [6.07, 6.45) is 0. The SMILES string of the molecule is Cc1ccc(NC(=O)NC2COC2)cc1F. The van der Waals surface area contributed by atoms with Crippen molar-refractivity contribution in [3.63, 3.8) is 0 Å². The van der Waals surface area contributed by atoms with Crippen LogP contribution in [0, 0.1) is 12.7 Å². The summed E-state index contributed by atoms with van der Waals surface area (Å²) < 4.78 is 18.1. The monoisotopic (exact) mass is 224 g/mol. The molecule has 0 atom stereocenters. The molecule has 1 fully saturated rings. The Hall–Kier alpha value is -1.62. The molecule has 0 aliphatic carbocycles. The molecule has 1 aliphatic rings. The highest BCUT2D eigenvalue weighted by molar-refractivity contribution is 5.89. The average molecular weight is 224 g/mol. The number of nitrogens with one attached hydrogen (secondary N) is 2. The van der Waals surface area contributed by atoms with Gasteiger partial charge < -0.3 is 15.4 Å². The Morgan fingerprint density at radius 2 is 2.25 bits per heavy atom. The molecule has 0 saturated carbocycles. The minimum absolute atomic E-state index is 0.0651. The van der Waals surface area contributed by atoms with Crippen molar-refractivity contribution in [2.45, 2.75) is 13.0 Å². The van der Waals surface area contributed by atoms with Crippen LogP contribution in [0.15, 0.2) is 18.2 Å². The fourth-order valence-corrected chi connectivity index (χ4v) is 1.34. The van der Waals surface area contributed by atoms with E-state index in [0.717, 1.165) is 0 Å². The largest absolute Gasteiger partial charge is 0.377 e. The van der Waals surface area contributed by atoms with Crippen molar-refractivity contribution in [3.05, 3.63) is 29.6 Å². The van der Waals surface area contributed by atoms with Crippen LogP contribution in [0.1, 0.15) is 5.56 Å². The molecule has 1 heterocycles. The fraction of sp³-hybridized carbons (Fsp3) is 0.364. The molecule has 2 amide bonds. The number of ether oxygens (including phenoxy) is 1. The van der Waals surface area contributed by atoms with Gasteiger partial charge in [-0.1, -0.05) is 6.07 Å². The Labute approximate surface area is 92.8 Å². The Morgan fingerprint density at radius 3 is 2.81 bits per heavy atom. The van der Waals surface area contributed by atoms with Crippen LogP contribution in [-0.2, 0) is 4.74 Å². The summed E-state index contributed by atoms with van der Waals surface area (Å²) in [5, 5.41) is 5.26. The highest BCUT2D eigenvalue weighted by Gasteiger charge is 2.20. The van der Waals surface area contributed by atoms with E-state index in [1.54, 1.807) is 19.1 Å². The Kier molecular flexibility index (Phi) is 3.05. The molecule has 86 valence electrons. The van der Waals surface area contributed by atoms with Crippen LogP contribution in [-0.4, -0.2) is 25.3 Å². The number of halogens is 1. The molecule has 5 heteroatoms. The second kappa shape index (κ2) is 4.49. The molecule has 2 N–H and O–H groups in total. The molecule has 1 saturated heterocycles. The Morgan fingerprint density at radius 1 is 1.50 bits per heavy atom. The van der Waals surface area contributed by atoms with Crippen molar-refractivity contribution < 1.29 is 13.9 Å². The van der Waals surface area contributed by atoms with Crippen molar-refractivity contribution in [3.8, 4) is 0 Å². The van der Waals surface area contributed by atoms with E-state index in [1.807, 2.05) is 0 Å². The van der Waals surface area contributed by atoms with Crippen molar-refractivity contribution in [1.82, 2.24) is 5.32 Å². The van der Waals surface area contributed by atoms with E-state index in [0.29, 0.717) is 24.5 Å². The number of benzene rings is 1. The third kappa shape index (κ3) is 2.49. The average Bonchev–Trinajstić information content (AvgIpc) is 2.18. The first-order valence-corrected chi connectivity index (χ1v) is 5.06. The quantitative estimate of drug-likeness (QED) is 0.802. The zero-order valence-corrected chi connectivity index (χ0v) is 8.92. The molecule has 4 nitrogen and oxygen atoms in total. The summed E-state index contributed by atoms with van der Waals surface area (Å²) in [5.41, 5.74) is 0.999. The molecule has 0 bridgehead atoms. The zero-order valence-electron chi connectivity index (χ0n) is 8.92. The van der Waals surface area contributed by atoms with E-state index >= 15 is 0 Å². The molecule has 0 spiro atoms. The van der Waals surface area contributed by atoms with Gasteiger partial charge in [-0.3, -0.25) is 0 Å². The third-order valence-electron chi connectivity index (χ3n) is 2.40. The number of amides is 2. The topological polar surface area (TPSA) is 50.4 Å². The summed E-state index contributed by atoms with van der Waals surface area (Å²) in [6.45, 7) is 2.75. The number of anilines is 1. The molecule has 1 aromatic carbocycles. The number of hydrogen-bond donors (Lipinski definition) is 2. The highest BCUT2D eigenvalue weighted by Crippen LogP contribution is 2.13. The lowest BCUT2D eigenvalue weighted by atomic mass is 10.2. The van der Waals surface area contributed by atoms with Crippen LogP contribution in [0.5, 0.6) is 0 Å². The maximum atomic E-state index is 13.2. The van der Waals surface area contributed by atoms with Crippen molar-refractivity contribution >= 4 is 11.7 Å². The van der Waals surface area contributed by atoms with Gasteiger partial charge >= 0.3 is 6.03 Å². The summed E-state index contributed by atoms with van der Waals surface area (Å²) in [5.74, 6) is -0.329. The van der Waals surface area contributed by atoms with E-state index in [2.05, 4.69) is 10.6 Å². The summed E-state index contributed by atoms with van der Waals surface area (Å²) in [4.78, 5) is 11.4. The predicted molar refractivity (Wildman–Crippen MR) is 57.9 cm³/mol. The molecule has 1 aromatic rings. The van der Waals surface area contributed by atoms with Gasteiger partial charge in [-0.2, -0.15) is 0 Å². The number of rotatable bonds is 2. The second-order valence-corrected chi connectivity index (χ2v) is 3.80. The summed E-state index contributed by atoms with van der Waals surface area (Å²) in [6, 6.07) is 4.31. The van der Waals surface area contributed by atoms with Crippen molar-refractivity contribution in [2.75, 3.05) is 18.5 Å². The number of hydrogen-bond acceptors (Lipinski definition) is 2. The highest BCUT2D eigenvalue weighted by atomic mass is 19.1. The van der Waals surface area contributed by atoms with E-state index in [-0.39, 0.29) is 17.9 Å². The van der Waals surface area contributed by atoms with Crippen LogP contribution in [0.3, 0.4) is 0 Å².